The minimum atomic E-state index is -0.938. The summed E-state index contributed by atoms with van der Waals surface area (Å²) in [5.74, 6) is -0.707. The number of esters is 1. The summed E-state index contributed by atoms with van der Waals surface area (Å²) in [6.45, 7) is 0.974. The first-order valence-electron chi connectivity index (χ1n) is 9.88. The molecule has 10 nitrogen and oxygen atoms in total. The predicted octanol–water partition coefficient (Wildman–Crippen LogP) is 1.40. The van der Waals surface area contributed by atoms with Crippen LogP contribution in [0.1, 0.15) is 32.6 Å². The van der Waals surface area contributed by atoms with Crippen LogP contribution in [0.25, 0.3) is 0 Å². The maximum atomic E-state index is 12.8. The lowest BCUT2D eigenvalue weighted by Gasteiger charge is -2.36. The third-order valence-electron chi connectivity index (χ3n) is 5.81. The summed E-state index contributed by atoms with van der Waals surface area (Å²) in [7, 11) is 0. The van der Waals surface area contributed by atoms with Gasteiger partial charge in [0.2, 0.25) is 6.79 Å². The molecule has 2 atom stereocenters. The van der Waals surface area contributed by atoms with Gasteiger partial charge >= 0.3 is 12.0 Å². The molecule has 2 aliphatic heterocycles. The van der Waals surface area contributed by atoms with Gasteiger partial charge in [-0.05, 0) is 30.9 Å². The number of carbonyl (C=O) groups is 4. The number of imide groups is 1. The number of fused-ring (bicyclic) bond motifs is 1. The van der Waals surface area contributed by atoms with Crippen molar-refractivity contribution in [1.82, 2.24) is 10.2 Å². The number of hydrogen-bond acceptors (Lipinski definition) is 7. The molecule has 0 aromatic heterocycles. The zero-order valence-electron chi connectivity index (χ0n) is 16.6. The van der Waals surface area contributed by atoms with Gasteiger partial charge in [0.25, 0.3) is 11.8 Å². The van der Waals surface area contributed by atoms with Crippen LogP contribution >= 0.6 is 0 Å². The fourth-order valence-corrected chi connectivity index (χ4v) is 4.13. The molecule has 1 aromatic rings. The van der Waals surface area contributed by atoms with Crippen molar-refractivity contribution in [2.24, 2.45) is 5.92 Å². The summed E-state index contributed by atoms with van der Waals surface area (Å²) >= 11 is 0. The average molecular weight is 417 g/mol. The van der Waals surface area contributed by atoms with Gasteiger partial charge in [-0.3, -0.25) is 19.3 Å². The van der Waals surface area contributed by atoms with Crippen molar-refractivity contribution < 1.29 is 33.4 Å². The highest BCUT2D eigenvalue weighted by atomic mass is 16.7. The molecule has 3 aliphatic rings. The number of benzene rings is 1. The van der Waals surface area contributed by atoms with Gasteiger partial charge in [0, 0.05) is 11.8 Å². The van der Waals surface area contributed by atoms with Crippen molar-refractivity contribution in [1.29, 1.82) is 0 Å². The highest BCUT2D eigenvalue weighted by Crippen LogP contribution is 2.38. The summed E-state index contributed by atoms with van der Waals surface area (Å²) in [6, 6.07) is 4.28. The third kappa shape index (κ3) is 3.64. The zero-order chi connectivity index (χ0) is 21.3. The Bertz CT molecular complexity index is 902. The van der Waals surface area contributed by atoms with Crippen LogP contribution in [0.15, 0.2) is 18.2 Å². The second-order valence-corrected chi connectivity index (χ2v) is 7.72. The highest BCUT2D eigenvalue weighted by molar-refractivity contribution is 6.09. The summed E-state index contributed by atoms with van der Waals surface area (Å²) in [5, 5.41) is 5.35. The van der Waals surface area contributed by atoms with E-state index in [0.29, 0.717) is 23.6 Å². The number of amides is 4. The maximum absolute atomic E-state index is 12.8. The van der Waals surface area contributed by atoms with Gasteiger partial charge in [-0.25, -0.2) is 4.79 Å². The molecular weight excluding hydrogens is 394 g/mol. The van der Waals surface area contributed by atoms with Crippen LogP contribution in [0, 0.1) is 5.92 Å². The molecule has 30 heavy (non-hydrogen) atoms. The Morgan fingerprint density at radius 1 is 1.27 bits per heavy atom. The Hall–Kier alpha value is -3.30. The summed E-state index contributed by atoms with van der Waals surface area (Å²) in [5.41, 5.74) is -0.477. The molecular formula is C20H23N3O7. The molecule has 4 amide bonds. The van der Waals surface area contributed by atoms with Crippen LogP contribution in [0.3, 0.4) is 0 Å². The average Bonchev–Trinajstić information content (AvgIpc) is 3.27. The molecule has 1 aliphatic carbocycles. The van der Waals surface area contributed by atoms with Gasteiger partial charge < -0.3 is 24.8 Å². The molecule has 1 saturated carbocycles. The smallest absolute Gasteiger partial charge is 0.326 e. The molecule has 10 heteroatoms. The zero-order valence-corrected chi connectivity index (χ0v) is 16.6. The molecule has 2 N–H and O–H groups in total. The topological polar surface area (TPSA) is 123 Å². The lowest BCUT2D eigenvalue weighted by atomic mass is 9.73. The van der Waals surface area contributed by atoms with Crippen molar-refractivity contribution in [2.75, 3.05) is 25.3 Å². The van der Waals surface area contributed by atoms with E-state index in [2.05, 4.69) is 10.6 Å². The molecule has 0 unspecified atom stereocenters. The second kappa shape index (κ2) is 7.85. The molecule has 2 fully saturated rings. The van der Waals surface area contributed by atoms with Crippen LogP contribution in [0.4, 0.5) is 10.5 Å². The van der Waals surface area contributed by atoms with Gasteiger partial charge in [0.15, 0.2) is 18.1 Å². The first kappa shape index (κ1) is 20.0. The number of hydrogen-bond donors (Lipinski definition) is 2. The normalized spacial score (nSPS) is 24.7. The van der Waals surface area contributed by atoms with Crippen molar-refractivity contribution in [3.05, 3.63) is 18.2 Å². The lowest BCUT2D eigenvalue weighted by Crippen LogP contribution is -2.54. The van der Waals surface area contributed by atoms with E-state index in [1.807, 2.05) is 6.92 Å². The van der Waals surface area contributed by atoms with Gasteiger partial charge in [0.05, 0.1) is 0 Å². The number of nitrogens with zero attached hydrogens (tertiary/aromatic N) is 1. The molecule has 160 valence electrons. The molecule has 0 bridgehead atoms. The Labute approximate surface area is 172 Å². The summed E-state index contributed by atoms with van der Waals surface area (Å²) < 4.78 is 15.4. The number of nitrogens with one attached hydrogen (secondary N) is 2. The standard InChI is InChI=1S/C20H23N3O7/c1-12-4-2-3-7-20(12)18(26)23(19(27)22-20)9-17(25)28-10-16(24)21-13-5-6-14-15(8-13)30-11-29-14/h5-6,8,12H,2-4,7,9-11H2,1H3,(H,21,24)(H,22,27)/t12-,20+/m1/s1. The molecule has 0 radical (unpaired) electrons. The third-order valence-corrected chi connectivity index (χ3v) is 5.81. The molecule has 1 aromatic carbocycles. The van der Waals surface area contributed by atoms with E-state index < -0.39 is 42.5 Å². The molecule has 2 heterocycles. The van der Waals surface area contributed by atoms with Crippen LogP contribution < -0.4 is 20.1 Å². The maximum Gasteiger partial charge on any atom is 0.326 e. The summed E-state index contributed by atoms with van der Waals surface area (Å²) in [6.07, 6.45) is 3.24. The number of carbonyl (C=O) groups excluding carboxylic acids is 4. The largest absolute Gasteiger partial charge is 0.454 e. The molecule has 4 rings (SSSR count). The van der Waals surface area contributed by atoms with E-state index in [1.54, 1.807) is 18.2 Å². The second-order valence-electron chi connectivity index (χ2n) is 7.72. The van der Waals surface area contributed by atoms with E-state index >= 15 is 0 Å². The highest BCUT2D eigenvalue weighted by Gasteiger charge is 2.55. The predicted molar refractivity (Wildman–Crippen MR) is 103 cm³/mol. The summed E-state index contributed by atoms with van der Waals surface area (Å²) in [4.78, 5) is 50.2. The van der Waals surface area contributed by atoms with Gasteiger partial charge in [-0.15, -0.1) is 0 Å². The molecule has 1 saturated heterocycles. The van der Waals surface area contributed by atoms with E-state index in [0.717, 1.165) is 24.2 Å². The lowest BCUT2D eigenvalue weighted by molar-refractivity contribution is -0.150. The monoisotopic (exact) mass is 417 g/mol. The fourth-order valence-electron chi connectivity index (χ4n) is 4.13. The van der Waals surface area contributed by atoms with Crippen molar-refractivity contribution >= 4 is 29.5 Å². The Kier molecular flexibility index (Phi) is 5.23. The number of anilines is 1. The van der Waals surface area contributed by atoms with Crippen LogP contribution in [-0.2, 0) is 19.1 Å². The van der Waals surface area contributed by atoms with Crippen LogP contribution in [0.5, 0.6) is 11.5 Å². The van der Waals surface area contributed by atoms with E-state index in [4.69, 9.17) is 14.2 Å². The van der Waals surface area contributed by atoms with Gasteiger partial charge in [0.1, 0.15) is 12.1 Å². The Morgan fingerprint density at radius 2 is 2.07 bits per heavy atom. The number of rotatable bonds is 5. The van der Waals surface area contributed by atoms with Crippen LogP contribution in [-0.4, -0.2) is 54.2 Å². The minimum absolute atomic E-state index is 0.00352. The Balaban J connectivity index is 1.29. The van der Waals surface area contributed by atoms with Gasteiger partial charge in [-0.1, -0.05) is 19.8 Å². The van der Waals surface area contributed by atoms with Crippen molar-refractivity contribution in [2.45, 2.75) is 38.1 Å². The first-order chi connectivity index (χ1) is 14.4. The minimum Gasteiger partial charge on any atom is -0.454 e. The van der Waals surface area contributed by atoms with Gasteiger partial charge in [-0.2, -0.15) is 0 Å². The van der Waals surface area contributed by atoms with Crippen molar-refractivity contribution in [3.63, 3.8) is 0 Å². The van der Waals surface area contributed by atoms with E-state index in [1.165, 1.54) is 0 Å². The quantitative estimate of drug-likeness (QED) is 0.548. The first-order valence-corrected chi connectivity index (χ1v) is 9.88. The number of ether oxygens (including phenoxy) is 3. The van der Waals surface area contributed by atoms with E-state index in [9.17, 15) is 19.2 Å². The number of urea groups is 1. The molecule has 1 spiro atoms. The fraction of sp³-hybridized carbons (Fsp3) is 0.500. The Morgan fingerprint density at radius 3 is 2.87 bits per heavy atom. The van der Waals surface area contributed by atoms with E-state index in [-0.39, 0.29) is 12.7 Å². The van der Waals surface area contributed by atoms with Crippen LogP contribution in [0.2, 0.25) is 0 Å². The van der Waals surface area contributed by atoms with Crippen molar-refractivity contribution in [3.8, 4) is 11.5 Å². The SMILES string of the molecule is C[C@@H]1CCCC[C@]12NC(=O)N(CC(=O)OCC(=O)Nc1ccc3c(c1)OCO3)C2=O.